The predicted molar refractivity (Wildman–Crippen MR) is 93.0 cm³/mol. The number of para-hydroxylation sites is 1. The molecule has 0 aliphatic carbocycles. The highest BCUT2D eigenvalue weighted by atomic mass is 79.9. The number of pyridine rings is 1. The van der Waals surface area contributed by atoms with Crippen LogP contribution in [0.3, 0.4) is 0 Å². The zero-order chi connectivity index (χ0) is 15.4. The van der Waals surface area contributed by atoms with E-state index in [9.17, 15) is 4.79 Å². The van der Waals surface area contributed by atoms with Gasteiger partial charge in [0.1, 0.15) is 0 Å². The van der Waals surface area contributed by atoms with Crippen molar-refractivity contribution in [1.29, 1.82) is 0 Å². The SMILES string of the molecule is O=C(CNc1cccc2cccnc12)Nc1ccc(Br)cc1. The van der Waals surface area contributed by atoms with Crippen molar-refractivity contribution in [3.63, 3.8) is 0 Å². The van der Waals surface area contributed by atoms with Crippen molar-refractivity contribution in [2.24, 2.45) is 0 Å². The Hall–Kier alpha value is -2.40. The molecule has 0 fully saturated rings. The van der Waals surface area contributed by atoms with Crippen LogP contribution < -0.4 is 10.6 Å². The number of carbonyl (C=O) groups is 1. The van der Waals surface area contributed by atoms with Crippen LogP contribution in [0.25, 0.3) is 10.9 Å². The number of hydrogen-bond acceptors (Lipinski definition) is 3. The Morgan fingerprint density at radius 3 is 2.64 bits per heavy atom. The van der Waals surface area contributed by atoms with Crippen molar-refractivity contribution in [2.75, 3.05) is 17.2 Å². The van der Waals surface area contributed by atoms with E-state index in [0.717, 1.165) is 26.8 Å². The Bertz CT molecular complexity index is 797. The molecule has 4 nitrogen and oxygen atoms in total. The van der Waals surface area contributed by atoms with E-state index in [1.165, 1.54) is 0 Å². The van der Waals surface area contributed by atoms with Crippen LogP contribution in [0, 0.1) is 0 Å². The fraction of sp³-hybridized carbons (Fsp3) is 0.0588. The Morgan fingerprint density at radius 2 is 1.82 bits per heavy atom. The molecular weight excluding hydrogens is 342 g/mol. The third-order valence-electron chi connectivity index (χ3n) is 3.20. The summed E-state index contributed by atoms with van der Waals surface area (Å²) in [6.07, 6.45) is 1.75. The predicted octanol–water partition coefficient (Wildman–Crippen LogP) is 4.05. The van der Waals surface area contributed by atoms with Crippen LogP contribution in [0.1, 0.15) is 0 Å². The summed E-state index contributed by atoms with van der Waals surface area (Å²) >= 11 is 3.36. The molecule has 3 aromatic rings. The Balaban J connectivity index is 1.66. The van der Waals surface area contributed by atoms with Gasteiger partial charge in [0.25, 0.3) is 0 Å². The van der Waals surface area contributed by atoms with Crippen LogP contribution >= 0.6 is 15.9 Å². The van der Waals surface area contributed by atoms with Gasteiger partial charge in [0.05, 0.1) is 17.7 Å². The lowest BCUT2D eigenvalue weighted by atomic mass is 10.2. The molecule has 0 unspecified atom stereocenters. The molecule has 1 aromatic heterocycles. The monoisotopic (exact) mass is 355 g/mol. The molecule has 22 heavy (non-hydrogen) atoms. The molecule has 0 aliphatic rings. The van der Waals surface area contributed by atoms with Gasteiger partial charge in [-0.15, -0.1) is 0 Å². The summed E-state index contributed by atoms with van der Waals surface area (Å²) in [5.74, 6) is -0.102. The molecule has 0 saturated heterocycles. The minimum Gasteiger partial charge on any atom is -0.374 e. The lowest BCUT2D eigenvalue weighted by Gasteiger charge is -2.09. The highest BCUT2D eigenvalue weighted by molar-refractivity contribution is 9.10. The van der Waals surface area contributed by atoms with Gasteiger partial charge < -0.3 is 10.6 Å². The maximum Gasteiger partial charge on any atom is 0.243 e. The minimum atomic E-state index is -0.102. The first-order chi connectivity index (χ1) is 10.7. The maximum absolute atomic E-state index is 12.0. The van der Waals surface area contributed by atoms with Crippen molar-refractivity contribution in [3.05, 3.63) is 65.3 Å². The first-order valence-corrected chi connectivity index (χ1v) is 7.65. The summed E-state index contributed by atoms with van der Waals surface area (Å²) in [4.78, 5) is 16.4. The number of benzene rings is 2. The quantitative estimate of drug-likeness (QED) is 0.742. The average Bonchev–Trinajstić information content (AvgIpc) is 2.55. The first-order valence-electron chi connectivity index (χ1n) is 6.85. The number of carbonyl (C=O) groups excluding carboxylic acids is 1. The topological polar surface area (TPSA) is 54.0 Å². The summed E-state index contributed by atoms with van der Waals surface area (Å²) in [6.45, 7) is 0.186. The average molecular weight is 356 g/mol. The summed E-state index contributed by atoms with van der Waals surface area (Å²) in [5.41, 5.74) is 2.48. The van der Waals surface area contributed by atoms with Crippen LogP contribution in [0.4, 0.5) is 11.4 Å². The summed E-state index contributed by atoms with van der Waals surface area (Å²) < 4.78 is 0.977. The van der Waals surface area contributed by atoms with Crippen LogP contribution in [-0.2, 0) is 4.79 Å². The molecule has 0 aliphatic heterocycles. The normalized spacial score (nSPS) is 10.4. The summed E-state index contributed by atoms with van der Waals surface area (Å²) in [7, 11) is 0. The van der Waals surface area contributed by atoms with Gasteiger partial charge in [0.2, 0.25) is 5.91 Å². The van der Waals surface area contributed by atoms with E-state index in [4.69, 9.17) is 0 Å². The van der Waals surface area contributed by atoms with Gasteiger partial charge in [-0.25, -0.2) is 0 Å². The number of amides is 1. The molecule has 0 bridgehead atoms. The van der Waals surface area contributed by atoms with Gasteiger partial charge in [-0.05, 0) is 36.4 Å². The second-order valence-corrected chi connectivity index (χ2v) is 5.70. The van der Waals surface area contributed by atoms with E-state index in [-0.39, 0.29) is 12.5 Å². The molecule has 0 spiro atoms. The zero-order valence-corrected chi connectivity index (χ0v) is 13.3. The second-order valence-electron chi connectivity index (χ2n) is 4.79. The molecule has 2 N–H and O–H groups in total. The van der Waals surface area contributed by atoms with Gasteiger partial charge in [-0.3, -0.25) is 9.78 Å². The van der Waals surface area contributed by atoms with Crippen LogP contribution in [0.15, 0.2) is 65.3 Å². The number of rotatable bonds is 4. The van der Waals surface area contributed by atoms with Crippen molar-refractivity contribution in [1.82, 2.24) is 4.98 Å². The molecule has 0 radical (unpaired) electrons. The number of halogens is 1. The largest absolute Gasteiger partial charge is 0.374 e. The molecule has 110 valence electrons. The van der Waals surface area contributed by atoms with Gasteiger partial charge in [0.15, 0.2) is 0 Å². The maximum atomic E-state index is 12.0. The molecule has 2 aromatic carbocycles. The van der Waals surface area contributed by atoms with E-state index in [1.54, 1.807) is 6.20 Å². The van der Waals surface area contributed by atoms with E-state index < -0.39 is 0 Å². The second kappa shape index (κ2) is 6.58. The van der Waals surface area contributed by atoms with Crippen molar-refractivity contribution < 1.29 is 4.79 Å². The lowest BCUT2D eigenvalue weighted by molar-refractivity contribution is -0.114. The fourth-order valence-electron chi connectivity index (χ4n) is 2.16. The number of fused-ring (bicyclic) bond motifs is 1. The molecule has 5 heteroatoms. The molecule has 3 rings (SSSR count). The number of nitrogens with zero attached hydrogens (tertiary/aromatic N) is 1. The zero-order valence-electron chi connectivity index (χ0n) is 11.7. The fourth-order valence-corrected chi connectivity index (χ4v) is 2.43. The van der Waals surface area contributed by atoms with Crippen LogP contribution in [0.5, 0.6) is 0 Å². The number of aromatic nitrogens is 1. The molecule has 0 saturated carbocycles. The van der Waals surface area contributed by atoms with Crippen molar-refractivity contribution in [2.45, 2.75) is 0 Å². The third-order valence-corrected chi connectivity index (χ3v) is 3.73. The van der Waals surface area contributed by atoms with E-state index in [2.05, 4.69) is 31.5 Å². The standard InChI is InChI=1S/C17H14BrN3O/c18-13-6-8-14(9-7-13)21-16(22)11-20-15-5-1-3-12-4-2-10-19-17(12)15/h1-10,20H,11H2,(H,21,22). The third kappa shape index (κ3) is 3.43. The van der Waals surface area contributed by atoms with Crippen LogP contribution in [-0.4, -0.2) is 17.4 Å². The first kappa shape index (κ1) is 14.5. The summed E-state index contributed by atoms with van der Waals surface area (Å²) in [5, 5.41) is 7.02. The Labute approximate surface area is 136 Å². The van der Waals surface area contributed by atoms with Gasteiger partial charge in [0, 0.05) is 21.7 Å². The van der Waals surface area contributed by atoms with Crippen LogP contribution in [0.2, 0.25) is 0 Å². The number of anilines is 2. The number of hydrogen-bond donors (Lipinski definition) is 2. The minimum absolute atomic E-state index is 0.102. The van der Waals surface area contributed by atoms with Crippen molar-refractivity contribution in [3.8, 4) is 0 Å². The van der Waals surface area contributed by atoms with Gasteiger partial charge in [-0.2, -0.15) is 0 Å². The smallest absolute Gasteiger partial charge is 0.243 e. The summed E-state index contributed by atoms with van der Waals surface area (Å²) in [6, 6.07) is 17.2. The molecule has 1 heterocycles. The van der Waals surface area contributed by atoms with E-state index in [1.807, 2.05) is 54.6 Å². The lowest BCUT2D eigenvalue weighted by Crippen LogP contribution is -2.21. The Kier molecular flexibility index (Phi) is 4.34. The molecule has 1 amide bonds. The highest BCUT2D eigenvalue weighted by Gasteiger charge is 2.05. The highest BCUT2D eigenvalue weighted by Crippen LogP contribution is 2.20. The number of nitrogens with one attached hydrogen (secondary N) is 2. The van der Waals surface area contributed by atoms with E-state index in [0.29, 0.717) is 0 Å². The molecular formula is C17H14BrN3O. The van der Waals surface area contributed by atoms with E-state index >= 15 is 0 Å². The van der Waals surface area contributed by atoms with Crippen molar-refractivity contribution >= 4 is 44.1 Å². The molecule has 0 atom stereocenters. The van der Waals surface area contributed by atoms with Gasteiger partial charge >= 0.3 is 0 Å². The van der Waals surface area contributed by atoms with Gasteiger partial charge in [-0.1, -0.05) is 34.1 Å². The Morgan fingerprint density at radius 1 is 1.05 bits per heavy atom.